The number of aryl methyl sites for hydroxylation is 2. The third-order valence-corrected chi connectivity index (χ3v) is 3.80. The van der Waals surface area contributed by atoms with Gasteiger partial charge in [0, 0.05) is 24.2 Å². The molecule has 0 bridgehead atoms. The van der Waals surface area contributed by atoms with Gasteiger partial charge < -0.3 is 5.32 Å². The van der Waals surface area contributed by atoms with E-state index in [4.69, 9.17) is 0 Å². The fourth-order valence-electron chi connectivity index (χ4n) is 2.43. The number of nitrogens with one attached hydrogen (secondary N) is 1. The molecule has 1 aromatic carbocycles. The zero-order valence-electron chi connectivity index (χ0n) is 13.7. The van der Waals surface area contributed by atoms with E-state index in [0.717, 1.165) is 36.1 Å². The Morgan fingerprint density at radius 3 is 2.50 bits per heavy atom. The van der Waals surface area contributed by atoms with E-state index in [1.54, 1.807) is 4.68 Å². The Kier molecular flexibility index (Phi) is 5.90. The first-order valence-electron chi connectivity index (χ1n) is 8.04. The molecule has 0 saturated carbocycles. The maximum absolute atomic E-state index is 12.4. The van der Waals surface area contributed by atoms with Crippen LogP contribution in [0, 0.1) is 0 Å². The summed E-state index contributed by atoms with van der Waals surface area (Å²) in [5.74, 6) is 0. The van der Waals surface area contributed by atoms with Crippen molar-refractivity contribution in [2.45, 2.75) is 46.2 Å². The van der Waals surface area contributed by atoms with Crippen molar-refractivity contribution in [3.05, 3.63) is 51.8 Å². The quantitative estimate of drug-likeness (QED) is 0.855. The van der Waals surface area contributed by atoms with Gasteiger partial charge in [-0.1, -0.05) is 44.5 Å². The molecule has 4 nitrogen and oxygen atoms in total. The van der Waals surface area contributed by atoms with Crippen molar-refractivity contribution in [1.29, 1.82) is 0 Å². The van der Waals surface area contributed by atoms with E-state index in [1.165, 1.54) is 5.56 Å². The Morgan fingerprint density at radius 1 is 1.18 bits per heavy atom. The smallest absolute Gasteiger partial charge is 0.271 e. The van der Waals surface area contributed by atoms with Crippen molar-refractivity contribution in [2.75, 3.05) is 7.05 Å². The van der Waals surface area contributed by atoms with Crippen LogP contribution in [0.25, 0.3) is 11.3 Å². The number of benzene rings is 1. The Balaban J connectivity index is 2.44. The van der Waals surface area contributed by atoms with E-state index >= 15 is 0 Å². The first-order chi connectivity index (χ1) is 10.7. The van der Waals surface area contributed by atoms with Gasteiger partial charge in [-0.2, -0.15) is 5.10 Å². The van der Waals surface area contributed by atoms with Crippen LogP contribution >= 0.6 is 0 Å². The predicted molar refractivity (Wildman–Crippen MR) is 91.0 cm³/mol. The van der Waals surface area contributed by atoms with Crippen molar-refractivity contribution >= 4 is 0 Å². The molecule has 1 N–H and O–H groups in total. The SMILES string of the molecule is CCCCn1nc(-c2ccc(CC)cc2)cc(CNC)c1=O. The van der Waals surface area contributed by atoms with Gasteiger partial charge in [-0.25, -0.2) is 4.68 Å². The lowest BCUT2D eigenvalue weighted by Gasteiger charge is -2.11. The molecule has 4 heteroatoms. The summed E-state index contributed by atoms with van der Waals surface area (Å²) in [6.45, 7) is 5.50. The minimum Gasteiger partial charge on any atom is -0.315 e. The Morgan fingerprint density at radius 2 is 1.91 bits per heavy atom. The third-order valence-electron chi connectivity index (χ3n) is 3.80. The van der Waals surface area contributed by atoms with E-state index in [0.29, 0.717) is 13.1 Å². The second-order valence-corrected chi connectivity index (χ2v) is 5.52. The fourth-order valence-corrected chi connectivity index (χ4v) is 2.43. The molecule has 0 fully saturated rings. The maximum atomic E-state index is 12.4. The van der Waals surface area contributed by atoms with E-state index in [2.05, 4.69) is 48.5 Å². The molecule has 118 valence electrons. The number of rotatable bonds is 7. The zero-order valence-corrected chi connectivity index (χ0v) is 13.7. The monoisotopic (exact) mass is 299 g/mol. The molecule has 0 aliphatic heterocycles. The Hall–Kier alpha value is -1.94. The highest BCUT2D eigenvalue weighted by Gasteiger charge is 2.09. The Labute approximate surface area is 132 Å². The van der Waals surface area contributed by atoms with Gasteiger partial charge in [0.25, 0.3) is 5.56 Å². The number of aromatic nitrogens is 2. The standard InChI is InChI=1S/C18H25N3O/c1-4-6-11-21-18(22)16(13-19-3)12-17(20-21)15-9-7-14(5-2)8-10-15/h7-10,12,19H,4-6,11,13H2,1-3H3. The molecule has 1 heterocycles. The van der Waals surface area contributed by atoms with Gasteiger partial charge >= 0.3 is 0 Å². The second kappa shape index (κ2) is 7.90. The van der Waals surface area contributed by atoms with Crippen LogP contribution in [-0.4, -0.2) is 16.8 Å². The van der Waals surface area contributed by atoms with Crippen molar-refractivity contribution in [3.8, 4) is 11.3 Å². The van der Waals surface area contributed by atoms with Crippen LogP contribution in [0.4, 0.5) is 0 Å². The third kappa shape index (κ3) is 3.83. The van der Waals surface area contributed by atoms with Gasteiger partial charge in [0.2, 0.25) is 0 Å². The molecule has 0 spiro atoms. The van der Waals surface area contributed by atoms with Crippen molar-refractivity contribution in [1.82, 2.24) is 15.1 Å². The van der Waals surface area contributed by atoms with E-state index in [9.17, 15) is 4.79 Å². The summed E-state index contributed by atoms with van der Waals surface area (Å²) >= 11 is 0. The largest absolute Gasteiger partial charge is 0.315 e. The lowest BCUT2D eigenvalue weighted by Crippen LogP contribution is -2.28. The number of unbranched alkanes of at least 4 members (excludes halogenated alkanes) is 1. The summed E-state index contributed by atoms with van der Waals surface area (Å²) in [6.07, 6.45) is 3.03. The number of hydrogen-bond donors (Lipinski definition) is 1. The first kappa shape index (κ1) is 16.4. The molecule has 1 aromatic heterocycles. The maximum Gasteiger partial charge on any atom is 0.271 e. The summed E-state index contributed by atoms with van der Waals surface area (Å²) < 4.78 is 1.61. The van der Waals surface area contributed by atoms with Crippen molar-refractivity contribution < 1.29 is 0 Å². The summed E-state index contributed by atoms with van der Waals surface area (Å²) in [6, 6.07) is 10.3. The van der Waals surface area contributed by atoms with Gasteiger partial charge in [0.05, 0.1) is 5.69 Å². The van der Waals surface area contributed by atoms with E-state index in [1.807, 2.05) is 13.1 Å². The topological polar surface area (TPSA) is 46.9 Å². The molecule has 2 aromatic rings. The first-order valence-corrected chi connectivity index (χ1v) is 8.04. The molecule has 2 rings (SSSR count). The highest BCUT2D eigenvalue weighted by molar-refractivity contribution is 5.59. The molecular formula is C18H25N3O. The van der Waals surface area contributed by atoms with Crippen LogP contribution in [0.15, 0.2) is 35.1 Å². The minimum absolute atomic E-state index is 0.0109. The number of hydrogen-bond acceptors (Lipinski definition) is 3. The summed E-state index contributed by atoms with van der Waals surface area (Å²) in [7, 11) is 1.85. The molecule has 0 radical (unpaired) electrons. The van der Waals surface area contributed by atoms with Gasteiger partial charge in [0.1, 0.15) is 0 Å². The molecule has 0 atom stereocenters. The van der Waals surface area contributed by atoms with Gasteiger partial charge in [0.15, 0.2) is 0 Å². The van der Waals surface area contributed by atoms with Crippen LogP contribution in [0.3, 0.4) is 0 Å². The summed E-state index contributed by atoms with van der Waals surface area (Å²) in [5.41, 5.74) is 4.00. The normalized spacial score (nSPS) is 10.9. The average Bonchev–Trinajstić information content (AvgIpc) is 2.56. The summed E-state index contributed by atoms with van der Waals surface area (Å²) in [5, 5.41) is 7.62. The highest BCUT2D eigenvalue weighted by Crippen LogP contribution is 2.18. The minimum atomic E-state index is 0.0109. The van der Waals surface area contributed by atoms with Crippen LogP contribution in [0.5, 0.6) is 0 Å². The van der Waals surface area contributed by atoms with Crippen LogP contribution < -0.4 is 10.9 Å². The van der Waals surface area contributed by atoms with Gasteiger partial charge in [-0.15, -0.1) is 0 Å². The van der Waals surface area contributed by atoms with Crippen molar-refractivity contribution in [2.24, 2.45) is 0 Å². The molecule has 0 saturated heterocycles. The van der Waals surface area contributed by atoms with Crippen molar-refractivity contribution in [3.63, 3.8) is 0 Å². The molecular weight excluding hydrogens is 274 g/mol. The lowest BCUT2D eigenvalue weighted by molar-refractivity contribution is 0.538. The fraction of sp³-hybridized carbons (Fsp3) is 0.444. The second-order valence-electron chi connectivity index (χ2n) is 5.52. The van der Waals surface area contributed by atoms with Gasteiger partial charge in [-0.3, -0.25) is 4.79 Å². The van der Waals surface area contributed by atoms with Gasteiger partial charge in [-0.05, 0) is 31.5 Å². The molecule has 0 amide bonds. The van der Waals surface area contributed by atoms with Crippen LogP contribution in [0.1, 0.15) is 37.8 Å². The highest BCUT2D eigenvalue weighted by atomic mass is 16.1. The Bertz CT molecular complexity index is 659. The number of nitrogens with zero attached hydrogens (tertiary/aromatic N) is 2. The average molecular weight is 299 g/mol. The molecule has 22 heavy (non-hydrogen) atoms. The molecule has 0 aliphatic rings. The summed E-state index contributed by atoms with van der Waals surface area (Å²) in [4.78, 5) is 12.4. The van der Waals surface area contributed by atoms with E-state index < -0.39 is 0 Å². The van der Waals surface area contributed by atoms with Crippen LogP contribution in [0.2, 0.25) is 0 Å². The lowest BCUT2D eigenvalue weighted by atomic mass is 10.1. The van der Waals surface area contributed by atoms with E-state index in [-0.39, 0.29) is 5.56 Å². The predicted octanol–water partition coefficient (Wildman–Crippen LogP) is 2.99. The molecule has 0 unspecified atom stereocenters. The zero-order chi connectivity index (χ0) is 15.9. The molecule has 0 aliphatic carbocycles. The van der Waals surface area contributed by atoms with Crippen LogP contribution in [-0.2, 0) is 19.5 Å².